The van der Waals surface area contributed by atoms with Crippen molar-refractivity contribution in [2.45, 2.75) is 39.7 Å². The van der Waals surface area contributed by atoms with Crippen molar-refractivity contribution in [3.63, 3.8) is 0 Å². The molecule has 8 nitrogen and oxygen atoms in total. The van der Waals surface area contributed by atoms with E-state index < -0.39 is 17.2 Å². The summed E-state index contributed by atoms with van der Waals surface area (Å²) in [5.74, 6) is 0.0229. The Morgan fingerprint density at radius 3 is 2.41 bits per heavy atom. The summed E-state index contributed by atoms with van der Waals surface area (Å²) in [5, 5.41) is 3.09. The van der Waals surface area contributed by atoms with Gasteiger partial charge >= 0.3 is 5.69 Å². The van der Waals surface area contributed by atoms with E-state index in [4.69, 9.17) is 16.3 Å². The lowest BCUT2D eigenvalue weighted by Crippen LogP contribution is -2.41. The van der Waals surface area contributed by atoms with Crippen LogP contribution in [-0.2, 0) is 23.2 Å². The van der Waals surface area contributed by atoms with E-state index in [1.54, 1.807) is 31.2 Å². The molecule has 0 bridgehead atoms. The fourth-order valence-corrected chi connectivity index (χ4v) is 2.90. The van der Waals surface area contributed by atoms with Gasteiger partial charge in [0.2, 0.25) is 0 Å². The molecule has 0 aliphatic heterocycles. The van der Waals surface area contributed by atoms with E-state index in [2.05, 4.69) is 5.32 Å². The minimum absolute atomic E-state index is 0.0309. The molecule has 1 N–H and O–H groups in total. The number of rotatable bonds is 9. The Bertz CT molecular complexity index is 1010. The first kappa shape index (κ1) is 22.4. The van der Waals surface area contributed by atoms with Crippen molar-refractivity contribution in [2.24, 2.45) is 7.05 Å². The number of Topliss-reactive ketones (excluding diaryl/α,β-unsaturated/α-hetero) is 1. The molecule has 0 spiro atoms. The van der Waals surface area contributed by atoms with E-state index in [9.17, 15) is 19.2 Å². The minimum atomic E-state index is -0.590. The Balaban J connectivity index is 2.13. The molecule has 29 heavy (non-hydrogen) atoms. The summed E-state index contributed by atoms with van der Waals surface area (Å²) >= 11 is 5.80. The lowest BCUT2D eigenvalue weighted by Gasteiger charge is -2.16. The maximum absolute atomic E-state index is 12.5. The van der Waals surface area contributed by atoms with Gasteiger partial charge in [0.1, 0.15) is 17.2 Å². The van der Waals surface area contributed by atoms with Gasteiger partial charge in [0.05, 0.1) is 0 Å². The number of benzene rings is 1. The maximum atomic E-state index is 12.5. The van der Waals surface area contributed by atoms with Gasteiger partial charge in [0, 0.05) is 30.7 Å². The van der Waals surface area contributed by atoms with Gasteiger partial charge in [-0.05, 0) is 51.0 Å². The number of amides is 1. The van der Waals surface area contributed by atoms with Gasteiger partial charge in [-0.2, -0.15) is 0 Å². The van der Waals surface area contributed by atoms with Crippen LogP contribution < -0.4 is 21.3 Å². The summed E-state index contributed by atoms with van der Waals surface area (Å²) in [6.45, 7) is 3.16. The van der Waals surface area contributed by atoms with E-state index in [0.717, 1.165) is 4.57 Å². The second-order valence-corrected chi connectivity index (χ2v) is 7.15. The predicted octanol–water partition coefficient (Wildman–Crippen LogP) is 2.29. The van der Waals surface area contributed by atoms with Gasteiger partial charge < -0.3 is 14.8 Å². The molecule has 0 saturated heterocycles. The van der Waals surface area contributed by atoms with E-state index >= 15 is 0 Å². The van der Waals surface area contributed by atoms with E-state index in [1.807, 2.05) is 0 Å². The number of nitrogens with zero attached hydrogens (tertiary/aromatic N) is 2. The minimum Gasteiger partial charge on any atom is -0.484 e. The third-order valence-electron chi connectivity index (χ3n) is 4.41. The second kappa shape index (κ2) is 10.1. The summed E-state index contributed by atoms with van der Waals surface area (Å²) in [4.78, 5) is 48.2. The number of carbonyl (C=O) groups is 2. The summed E-state index contributed by atoms with van der Waals surface area (Å²) in [5.41, 5.74) is -0.665. The van der Waals surface area contributed by atoms with Crippen LogP contribution in [0.2, 0.25) is 5.02 Å². The molecular formula is C20H24ClN3O5. The highest BCUT2D eigenvalue weighted by atomic mass is 35.5. The molecule has 0 saturated carbocycles. The molecular weight excluding hydrogens is 398 g/mol. The number of hydrogen-bond donors (Lipinski definition) is 1. The predicted molar refractivity (Wildman–Crippen MR) is 111 cm³/mol. The summed E-state index contributed by atoms with van der Waals surface area (Å²) in [6, 6.07) is 6.52. The largest absolute Gasteiger partial charge is 0.484 e. The molecule has 0 unspecified atom stereocenters. The van der Waals surface area contributed by atoms with Gasteiger partial charge in [-0.25, -0.2) is 4.79 Å². The molecule has 1 aromatic heterocycles. The Morgan fingerprint density at radius 2 is 1.79 bits per heavy atom. The van der Waals surface area contributed by atoms with Gasteiger partial charge in [0.25, 0.3) is 11.5 Å². The zero-order valence-electron chi connectivity index (χ0n) is 16.7. The Labute approximate surface area is 173 Å². The van der Waals surface area contributed by atoms with Crippen LogP contribution in [0.15, 0.2) is 33.9 Å². The van der Waals surface area contributed by atoms with Gasteiger partial charge in [-0.15, -0.1) is 0 Å². The summed E-state index contributed by atoms with van der Waals surface area (Å²) < 4.78 is 7.76. The molecule has 2 aromatic rings. The number of nitrogens with one attached hydrogen (secondary N) is 1. The molecule has 0 aliphatic rings. The zero-order valence-corrected chi connectivity index (χ0v) is 17.4. The molecule has 1 heterocycles. The first-order chi connectivity index (χ1) is 13.7. The smallest absolute Gasteiger partial charge is 0.331 e. The Kier molecular flexibility index (Phi) is 7.78. The van der Waals surface area contributed by atoms with Crippen molar-refractivity contribution in [3.05, 3.63) is 55.8 Å². The van der Waals surface area contributed by atoms with E-state index in [0.29, 0.717) is 42.3 Å². The van der Waals surface area contributed by atoms with Crippen molar-refractivity contribution in [2.75, 3.05) is 11.9 Å². The standard InChI is InChI=1S/C20H24ClN3O5/c1-13(25)6-4-5-11-24-14(2)18(19(27)23(3)20(24)28)22-17(26)12-29-16-9-7-15(21)8-10-16/h7-10H,4-6,11-12H2,1-3H3,(H,22,26). The molecule has 9 heteroatoms. The molecule has 2 rings (SSSR count). The fraction of sp³-hybridized carbons (Fsp3) is 0.400. The number of aromatic nitrogens is 2. The number of ether oxygens (including phenoxy) is 1. The molecule has 0 aliphatic carbocycles. The molecule has 156 valence electrons. The number of ketones is 1. The van der Waals surface area contributed by atoms with Gasteiger partial charge in [-0.1, -0.05) is 11.6 Å². The highest BCUT2D eigenvalue weighted by molar-refractivity contribution is 6.30. The van der Waals surface area contributed by atoms with Crippen LogP contribution in [-0.4, -0.2) is 27.4 Å². The van der Waals surface area contributed by atoms with Crippen LogP contribution in [0.25, 0.3) is 0 Å². The number of carbonyl (C=O) groups excluding carboxylic acids is 2. The first-order valence-corrected chi connectivity index (χ1v) is 9.56. The van der Waals surface area contributed by atoms with Crippen LogP contribution in [0.3, 0.4) is 0 Å². The molecule has 0 atom stereocenters. The third kappa shape index (κ3) is 6.05. The van der Waals surface area contributed by atoms with E-state index in [1.165, 1.54) is 18.5 Å². The normalized spacial score (nSPS) is 10.6. The quantitative estimate of drug-likeness (QED) is 0.626. The Morgan fingerprint density at radius 1 is 1.14 bits per heavy atom. The van der Waals surface area contributed by atoms with Crippen molar-refractivity contribution >= 4 is 29.0 Å². The lowest BCUT2D eigenvalue weighted by atomic mass is 10.2. The SMILES string of the molecule is CC(=O)CCCCn1c(C)c(NC(=O)COc2ccc(Cl)cc2)c(=O)n(C)c1=O. The zero-order chi connectivity index (χ0) is 21.6. The number of hydrogen-bond acceptors (Lipinski definition) is 5. The van der Waals surface area contributed by atoms with Crippen molar-refractivity contribution < 1.29 is 14.3 Å². The van der Waals surface area contributed by atoms with Crippen LogP contribution in [0.1, 0.15) is 31.9 Å². The molecule has 0 fully saturated rings. The Hall–Kier alpha value is -2.87. The van der Waals surface area contributed by atoms with Gasteiger partial charge in [0.15, 0.2) is 6.61 Å². The van der Waals surface area contributed by atoms with Crippen molar-refractivity contribution in [1.29, 1.82) is 0 Å². The molecule has 0 radical (unpaired) electrons. The van der Waals surface area contributed by atoms with Gasteiger partial charge in [-0.3, -0.25) is 18.7 Å². The van der Waals surface area contributed by atoms with Crippen molar-refractivity contribution in [1.82, 2.24) is 9.13 Å². The lowest BCUT2D eigenvalue weighted by molar-refractivity contribution is -0.118. The summed E-state index contributed by atoms with van der Waals surface area (Å²) in [6.07, 6.45) is 1.68. The van der Waals surface area contributed by atoms with Crippen LogP contribution in [0.4, 0.5) is 5.69 Å². The number of halogens is 1. The van der Waals surface area contributed by atoms with Crippen molar-refractivity contribution in [3.8, 4) is 5.75 Å². The average Bonchev–Trinajstić information content (AvgIpc) is 2.68. The highest BCUT2D eigenvalue weighted by Gasteiger charge is 2.17. The molecule has 1 amide bonds. The molecule has 1 aromatic carbocycles. The summed E-state index contributed by atoms with van der Waals surface area (Å²) in [7, 11) is 1.36. The van der Waals surface area contributed by atoms with Crippen LogP contribution >= 0.6 is 11.6 Å². The second-order valence-electron chi connectivity index (χ2n) is 6.71. The monoisotopic (exact) mass is 421 g/mol. The fourth-order valence-electron chi connectivity index (χ4n) is 2.78. The van der Waals surface area contributed by atoms with Crippen LogP contribution in [0.5, 0.6) is 5.75 Å². The maximum Gasteiger partial charge on any atom is 0.331 e. The first-order valence-electron chi connectivity index (χ1n) is 9.18. The third-order valence-corrected chi connectivity index (χ3v) is 4.66. The highest BCUT2D eigenvalue weighted by Crippen LogP contribution is 2.15. The average molecular weight is 422 g/mol. The van der Waals surface area contributed by atoms with Crippen LogP contribution in [0, 0.1) is 6.92 Å². The number of anilines is 1. The van der Waals surface area contributed by atoms with E-state index in [-0.39, 0.29) is 18.1 Å². The number of unbranched alkanes of at least 4 members (excludes halogenated alkanes) is 1. The topological polar surface area (TPSA) is 99.4 Å².